The number of imidazole rings is 1. The van der Waals surface area contributed by atoms with E-state index >= 15 is 0 Å². The van der Waals surface area contributed by atoms with E-state index in [1.807, 2.05) is 0 Å². The Morgan fingerprint density at radius 3 is 2.35 bits per heavy atom. The van der Waals surface area contributed by atoms with Gasteiger partial charge in [-0.05, 0) is 5.56 Å². The summed E-state index contributed by atoms with van der Waals surface area (Å²) in [4.78, 5) is 58.3. The fourth-order valence-corrected chi connectivity index (χ4v) is 4.16. The fourth-order valence-electron chi connectivity index (χ4n) is 4.16. The molecule has 4 atom stereocenters. The number of esters is 3. The lowest BCUT2D eigenvalue weighted by Crippen LogP contribution is -2.40. The number of non-ortho nitro benzene ring substituents is 1. The number of nitro groups is 1. The van der Waals surface area contributed by atoms with Crippen molar-refractivity contribution < 1.29 is 43.0 Å². The number of fused-ring (bicyclic) bond motifs is 1. The minimum Gasteiger partial charge on any atom is -0.476 e. The van der Waals surface area contributed by atoms with Crippen LogP contribution in [0.25, 0.3) is 11.2 Å². The Hall–Kier alpha value is -4.86. The number of anilines is 1. The van der Waals surface area contributed by atoms with Crippen LogP contribution in [0.5, 0.6) is 5.88 Å². The van der Waals surface area contributed by atoms with E-state index in [2.05, 4.69) is 15.0 Å². The predicted octanol–water partition coefficient (Wildman–Crippen LogP) is 1.26. The molecule has 0 unspecified atom stereocenters. The van der Waals surface area contributed by atoms with Crippen LogP contribution in [0.1, 0.15) is 32.6 Å². The second kappa shape index (κ2) is 11.9. The molecule has 0 amide bonds. The highest BCUT2D eigenvalue weighted by atomic mass is 16.7. The molecule has 3 aromatic rings. The molecule has 2 aromatic heterocycles. The highest BCUT2D eigenvalue weighted by Crippen LogP contribution is 2.37. The molecule has 4 rings (SSSR count). The molecule has 0 radical (unpaired) electrons. The summed E-state index contributed by atoms with van der Waals surface area (Å²) < 4.78 is 29.2. The summed E-state index contributed by atoms with van der Waals surface area (Å²) in [6.45, 7) is 3.45. The number of carbonyl (C=O) groups is 3. The molecule has 1 aromatic carbocycles. The molecule has 1 aliphatic heterocycles. The lowest BCUT2D eigenvalue weighted by Gasteiger charge is -2.23. The number of nitro benzene ring substituents is 1. The average Bonchev–Trinajstić information content (AvgIpc) is 3.43. The van der Waals surface area contributed by atoms with E-state index in [0.29, 0.717) is 6.42 Å². The van der Waals surface area contributed by atoms with Crippen LogP contribution in [0.3, 0.4) is 0 Å². The molecule has 1 fully saturated rings. The maximum Gasteiger partial charge on any atom is 0.303 e. The first-order chi connectivity index (χ1) is 19.0. The molecule has 0 bridgehead atoms. The van der Waals surface area contributed by atoms with Gasteiger partial charge >= 0.3 is 17.9 Å². The second-order valence-corrected chi connectivity index (χ2v) is 8.75. The van der Waals surface area contributed by atoms with Crippen LogP contribution in [-0.4, -0.2) is 73.9 Å². The maximum absolute atomic E-state index is 12.0. The van der Waals surface area contributed by atoms with Crippen LogP contribution >= 0.6 is 0 Å². The number of nitrogens with two attached hydrogens (primary N) is 1. The van der Waals surface area contributed by atoms with Crippen LogP contribution in [0, 0.1) is 10.1 Å². The van der Waals surface area contributed by atoms with Gasteiger partial charge in [-0.25, -0.2) is 4.98 Å². The first-order valence-electron chi connectivity index (χ1n) is 12.0. The molecular weight excluding hydrogens is 532 g/mol. The number of hydrogen-bond acceptors (Lipinski definition) is 14. The third-order valence-corrected chi connectivity index (χ3v) is 5.80. The van der Waals surface area contributed by atoms with Gasteiger partial charge in [-0.15, -0.1) is 0 Å². The van der Waals surface area contributed by atoms with E-state index in [9.17, 15) is 24.5 Å². The minimum atomic E-state index is -1.15. The summed E-state index contributed by atoms with van der Waals surface area (Å²) >= 11 is 0. The SMILES string of the molecule is CC(=O)OC[C@H]1O[C@@H](n2cnc3c(OCCc4ccc([N+](=O)[O-])cc4)nc(N)nc32)[C@H](OC(C)=O)[C@@H]1OC(C)=O. The summed E-state index contributed by atoms with van der Waals surface area (Å²) in [5, 5.41) is 10.9. The van der Waals surface area contributed by atoms with Crippen LogP contribution in [-0.2, 0) is 39.8 Å². The van der Waals surface area contributed by atoms with Crippen molar-refractivity contribution in [3.05, 3.63) is 46.3 Å². The normalized spacial score (nSPS) is 20.2. The summed E-state index contributed by atoms with van der Waals surface area (Å²) in [5.41, 5.74) is 7.11. The van der Waals surface area contributed by atoms with Gasteiger partial charge in [0.2, 0.25) is 11.8 Å². The zero-order chi connectivity index (χ0) is 29.0. The molecule has 0 spiro atoms. The van der Waals surface area contributed by atoms with Crippen LogP contribution < -0.4 is 10.5 Å². The molecule has 16 heteroatoms. The van der Waals surface area contributed by atoms with Gasteiger partial charge in [0.05, 0.1) is 17.9 Å². The van der Waals surface area contributed by atoms with Gasteiger partial charge in [0, 0.05) is 39.3 Å². The summed E-state index contributed by atoms with van der Waals surface area (Å²) in [5.74, 6) is -1.99. The second-order valence-electron chi connectivity index (χ2n) is 8.75. The molecule has 1 aliphatic rings. The standard InChI is InChI=1S/C24H26N6O10/c1-12(31)37-10-17-19(38-13(2)32)20(39-14(3)33)23(40-17)29-11-26-18-21(29)27-24(25)28-22(18)36-9-8-15-4-6-16(7-5-15)30(34)35/h4-7,11,17,19-20,23H,8-10H2,1-3H3,(H2,25,27,28)/t17-,19-,20-,23-/m1/s1. The number of carbonyl (C=O) groups excluding carboxylic acids is 3. The molecular formula is C24H26N6O10. The van der Waals surface area contributed by atoms with Gasteiger partial charge in [-0.2, -0.15) is 9.97 Å². The average molecular weight is 559 g/mol. The van der Waals surface area contributed by atoms with Gasteiger partial charge in [-0.1, -0.05) is 12.1 Å². The zero-order valence-electron chi connectivity index (χ0n) is 21.7. The first kappa shape index (κ1) is 28.2. The van der Waals surface area contributed by atoms with E-state index in [1.165, 1.54) is 43.8 Å². The lowest BCUT2D eigenvalue weighted by atomic mass is 10.1. The number of nitrogens with zero attached hydrogens (tertiary/aromatic N) is 5. The van der Waals surface area contributed by atoms with Gasteiger partial charge in [-0.3, -0.25) is 29.1 Å². The monoisotopic (exact) mass is 558 g/mol. The molecule has 3 heterocycles. The van der Waals surface area contributed by atoms with Crippen LogP contribution in [0.4, 0.5) is 11.6 Å². The number of ether oxygens (including phenoxy) is 5. The summed E-state index contributed by atoms with van der Waals surface area (Å²) in [7, 11) is 0. The lowest BCUT2D eigenvalue weighted by molar-refractivity contribution is -0.384. The van der Waals surface area contributed by atoms with E-state index in [1.54, 1.807) is 12.1 Å². The molecule has 40 heavy (non-hydrogen) atoms. The van der Waals surface area contributed by atoms with E-state index < -0.39 is 47.4 Å². The molecule has 2 N–H and O–H groups in total. The zero-order valence-corrected chi connectivity index (χ0v) is 21.7. The smallest absolute Gasteiger partial charge is 0.303 e. The maximum atomic E-state index is 12.0. The van der Waals surface area contributed by atoms with E-state index in [-0.39, 0.29) is 41.9 Å². The molecule has 1 saturated heterocycles. The van der Waals surface area contributed by atoms with E-state index in [4.69, 9.17) is 29.4 Å². The topological polar surface area (TPSA) is 210 Å². The van der Waals surface area contributed by atoms with Crippen molar-refractivity contribution in [3.8, 4) is 5.88 Å². The van der Waals surface area contributed by atoms with Gasteiger partial charge in [0.1, 0.15) is 12.7 Å². The Balaban J connectivity index is 1.60. The molecule has 16 nitrogen and oxygen atoms in total. The number of benzene rings is 1. The van der Waals surface area contributed by atoms with Crippen molar-refractivity contribution in [2.75, 3.05) is 18.9 Å². The Morgan fingerprint density at radius 1 is 1.05 bits per heavy atom. The third kappa shape index (κ3) is 6.40. The van der Waals surface area contributed by atoms with Crippen molar-refractivity contribution in [3.63, 3.8) is 0 Å². The summed E-state index contributed by atoms with van der Waals surface area (Å²) in [6.07, 6.45) is -2.58. The quantitative estimate of drug-likeness (QED) is 0.161. The number of hydrogen-bond donors (Lipinski definition) is 1. The molecule has 0 aliphatic carbocycles. The van der Waals surface area contributed by atoms with Crippen molar-refractivity contribution in [1.29, 1.82) is 0 Å². The largest absolute Gasteiger partial charge is 0.476 e. The Bertz CT molecular complexity index is 1430. The van der Waals surface area contributed by atoms with Gasteiger partial charge < -0.3 is 29.4 Å². The number of aromatic nitrogens is 4. The van der Waals surface area contributed by atoms with E-state index in [0.717, 1.165) is 5.56 Å². The van der Waals surface area contributed by atoms with Crippen LogP contribution in [0.15, 0.2) is 30.6 Å². The highest BCUT2D eigenvalue weighted by Gasteiger charge is 2.51. The number of rotatable bonds is 10. The van der Waals surface area contributed by atoms with Gasteiger partial charge in [0.15, 0.2) is 29.6 Å². The fraction of sp³-hybridized carbons (Fsp3) is 0.417. The van der Waals surface area contributed by atoms with Gasteiger partial charge in [0.25, 0.3) is 5.69 Å². The van der Waals surface area contributed by atoms with Crippen molar-refractivity contribution in [1.82, 2.24) is 19.5 Å². The van der Waals surface area contributed by atoms with Crippen LogP contribution in [0.2, 0.25) is 0 Å². The first-order valence-corrected chi connectivity index (χ1v) is 12.0. The Kier molecular flexibility index (Phi) is 8.37. The minimum absolute atomic E-state index is 0.0206. The number of nitrogen functional groups attached to an aromatic ring is 1. The highest BCUT2D eigenvalue weighted by molar-refractivity contribution is 5.77. The summed E-state index contributed by atoms with van der Waals surface area (Å²) in [6, 6.07) is 6.05. The van der Waals surface area contributed by atoms with Crippen molar-refractivity contribution >= 4 is 40.7 Å². The predicted molar refractivity (Wildman–Crippen MR) is 134 cm³/mol. The molecule has 0 saturated carbocycles. The Morgan fingerprint density at radius 2 is 1.73 bits per heavy atom. The Labute approximate surface area is 226 Å². The molecule has 212 valence electrons. The third-order valence-electron chi connectivity index (χ3n) is 5.80. The van der Waals surface area contributed by atoms with Crippen molar-refractivity contribution in [2.24, 2.45) is 0 Å². The van der Waals surface area contributed by atoms with Crippen molar-refractivity contribution in [2.45, 2.75) is 51.7 Å².